The first-order valence-electron chi connectivity index (χ1n) is 8.37. The highest BCUT2D eigenvalue weighted by Gasteiger charge is 2.22. The van der Waals surface area contributed by atoms with Gasteiger partial charge in [-0.05, 0) is 38.1 Å². The van der Waals surface area contributed by atoms with Crippen LogP contribution in [0.4, 0.5) is 0 Å². The summed E-state index contributed by atoms with van der Waals surface area (Å²) in [4.78, 5) is 4.73. The highest BCUT2D eigenvalue weighted by atomic mass is 32.2. The molecule has 0 bridgehead atoms. The average molecular weight is 342 g/mol. The van der Waals surface area contributed by atoms with E-state index >= 15 is 0 Å². The van der Waals surface area contributed by atoms with Gasteiger partial charge >= 0.3 is 0 Å². The van der Waals surface area contributed by atoms with Crippen LogP contribution in [0, 0.1) is 0 Å². The Morgan fingerprint density at radius 1 is 1.12 bits per heavy atom. The number of nitrogens with one attached hydrogen (secondary N) is 1. The number of aromatic nitrogens is 5. The maximum atomic E-state index is 4.73. The van der Waals surface area contributed by atoms with Gasteiger partial charge in [0.05, 0.1) is 16.8 Å². The van der Waals surface area contributed by atoms with E-state index in [9.17, 15) is 0 Å². The molecule has 0 saturated carbocycles. The Kier molecular flexibility index (Phi) is 4.28. The van der Waals surface area contributed by atoms with Crippen LogP contribution in [0.2, 0.25) is 0 Å². The van der Waals surface area contributed by atoms with Crippen LogP contribution in [0.25, 0.3) is 11.0 Å². The Morgan fingerprint density at radius 2 is 1.92 bits per heavy atom. The average Bonchev–Trinajstić information content (AvgIpc) is 3.14. The second-order valence-corrected chi connectivity index (χ2v) is 7.23. The monoisotopic (exact) mass is 342 g/mol. The largest absolute Gasteiger partial charge is 0.330 e. The maximum Gasteiger partial charge on any atom is 0.191 e. The van der Waals surface area contributed by atoms with Crippen molar-refractivity contribution in [2.75, 3.05) is 13.1 Å². The first-order chi connectivity index (χ1) is 11.7. The number of para-hydroxylation sites is 2. The number of nitrogens with zero attached hydrogens (tertiary/aromatic N) is 5. The summed E-state index contributed by atoms with van der Waals surface area (Å²) in [6.45, 7) is 2.14. The van der Waals surface area contributed by atoms with E-state index in [2.05, 4.69) is 56.9 Å². The first kappa shape index (κ1) is 15.7. The van der Waals surface area contributed by atoms with E-state index in [0.29, 0.717) is 5.92 Å². The number of benzene rings is 1. The zero-order chi connectivity index (χ0) is 16.5. The molecule has 1 saturated heterocycles. The number of rotatable bonds is 4. The molecular weight excluding hydrogens is 320 g/mol. The second-order valence-electron chi connectivity index (χ2n) is 6.29. The lowest BCUT2D eigenvalue weighted by molar-refractivity contribution is 0.434. The SMILES string of the molecule is Cn1c(SCc2nc3ccccc3n2C)nnc1C1CCNCC1. The molecule has 6 nitrogen and oxygen atoms in total. The molecule has 126 valence electrons. The molecule has 1 aromatic carbocycles. The van der Waals surface area contributed by atoms with Crippen molar-refractivity contribution in [1.82, 2.24) is 29.6 Å². The standard InChI is InChI=1S/C17H22N6S/c1-22-14-6-4-3-5-13(14)19-15(22)11-24-17-21-20-16(23(17)2)12-7-9-18-10-8-12/h3-6,12,18H,7-11H2,1-2H3. The molecule has 0 spiro atoms. The fourth-order valence-corrected chi connectivity index (χ4v) is 4.24. The van der Waals surface area contributed by atoms with Gasteiger partial charge in [0.2, 0.25) is 0 Å². The lowest BCUT2D eigenvalue weighted by atomic mass is 9.97. The summed E-state index contributed by atoms with van der Waals surface area (Å²) in [5, 5.41) is 13.2. The number of imidazole rings is 1. The molecule has 0 amide bonds. The van der Waals surface area contributed by atoms with Crippen molar-refractivity contribution in [3.05, 3.63) is 35.9 Å². The number of hydrogen-bond donors (Lipinski definition) is 1. The molecule has 4 rings (SSSR count). The molecule has 3 heterocycles. The molecular formula is C17H22N6S. The number of thioether (sulfide) groups is 1. The Balaban J connectivity index is 1.51. The van der Waals surface area contributed by atoms with E-state index in [1.807, 2.05) is 6.07 Å². The van der Waals surface area contributed by atoms with Crippen molar-refractivity contribution in [1.29, 1.82) is 0 Å². The van der Waals surface area contributed by atoms with Crippen molar-refractivity contribution in [3.8, 4) is 0 Å². The summed E-state index contributed by atoms with van der Waals surface area (Å²) in [5.74, 6) is 3.49. The molecule has 0 aliphatic carbocycles. The van der Waals surface area contributed by atoms with Crippen LogP contribution < -0.4 is 5.32 Å². The zero-order valence-corrected chi connectivity index (χ0v) is 14.9. The molecule has 0 atom stereocenters. The van der Waals surface area contributed by atoms with Crippen LogP contribution in [0.1, 0.15) is 30.4 Å². The fourth-order valence-electron chi connectivity index (χ4n) is 3.34. The Bertz CT molecular complexity index is 846. The third kappa shape index (κ3) is 2.82. The smallest absolute Gasteiger partial charge is 0.191 e. The topological polar surface area (TPSA) is 60.6 Å². The van der Waals surface area contributed by atoms with Gasteiger partial charge in [0.1, 0.15) is 11.6 Å². The summed E-state index contributed by atoms with van der Waals surface area (Å²) in [6, 6.07) is 8.24. The number of piperidine rings is 1. The predicted molar refractivity (Wildman–Crippen MR) is 96.1 cm³/mol. The Labute approximate surface area is 145 Å². The Morgan fingerprint density at radius 3 is 2.71 bits per heavy atom. The van der Waals surface area contributed by atoms with E-state index in [1.165, 1.54) is 5.52 Å². The zero-order valence-electron chi connectivity index (χ0n) is 14.1. The number of fused-ring (bicyclic) bond motifs is 1. The number of hydrogen-bond acceptors (Lipinski definition) is 5. The van der Waals surface area contributed by atoms with Gasteiger partial charge < -0.3 is 14.5 Å². The lowest BCUT2D eigenvalue weighted by Crippen LogP contribution is -2.27. The molecule has 7 heteroatoms. The van der Waals surface area contributed by atoms with Gasteiger partial charge in [0, 0.05) is 20.0 Å². The molecule has 1 aliphatic rings. The Hall–Kier alpha value is -1.86. The van der Waals surface area contributed by atoms with Gasteiger partial charge in [0.15, 0.2) is 5.16 Å². The van der Waals surface area contributed by atoms with Gasteiger partial charge in [-0.2, -0.15) is 0 Å². The van der Waals surface area contributed by atoms with Crippen molar-refractivity contribution < 1.29 is 0 Å². The van der Waals surface area contributed by atoms with Crippen molar-refractivity contribution in [2.45, 2.75) is 29.7 Å². The van der Waals surface area contributed by atoms with Gasteiger partial charge in [-0.15, -0.1) is 10.2 Å². The first-order valence-corrected chi connectivity index (χ1v) is 9.35. The van der Waals surface area contributed by atoms with E-state index in [0.717, 1.165) is 54.0 Å². The van der Waals surface area contributed by atoms with Gasteiger partial charge in [0.25, 0.3) is 0 Å². The highest BCUT2D eigenvalue weighted by molar-refractivity contribution is 7.98. The van der Waals surface area contributed by atoms with Crippen LogP contribution in [-0.2, 0) is 19.8 Å². The molecule has 1 N–H and O–H groups in total. The molecule has 24 heavy (non-hydrogen) atoms. The van der Waals surface area contributed by atoms with E-state index < -0.39 is 0 Å². The van der Waals surface area contributed by atoms with Gasteiger partial charge in [-0.1, -0.05) is 23.9 Å². The third-order valence-corrected chi connectivity index (χ3v) is 5.80. The molecule has 2 aromatic heterocycles. The maximum absolute atomic E-state index is 4.73. The predicted octanol–water partition coefficient (Wildman–Crippen LogP) is 2.46. The van der Waals surface area contributed by atoms with E-state index in [1.54, 1.807) is 11.8 Å². The highest BCUT2D eigenvalue weighted by Crippen LogP contribution is 2.28. The summed E-state index contributed by atoms with van der Waals surface area (Å²) in [7, 11) is 4.15. The molecule has 3 aromatic rings. The quantitative estimate of drug-likeness (QED) is 0.738. The van der Waals surface area contributed by atoms with Crippen LogP contribution in [0.3, 0.4) is 0 Å². The summed E-state index contributed by atoms with van der Waals surface area (Å²) >= 11 is 1.70. The van der Waals surface area contributed by atoms with Crippen LogP contribution >= 0.6 is 11.8 Å². The molecule has 1 fully saturated rings. The van der Waals surface area contributed by atoms with Crippen molar-refractivity contribution in [3.63, 3.8) is 0 Å². The fraction of sp³-hybridized carbons (Fsp3) is 0.471. The molecule has 1 aliphatic heterocycles. The van der Waals surface area contributed by atoms with Crippen molar-refractivity contribution in [2.24, 2.45) is 14.1 Å². The van der Waals surface area contributed by atoms with Crippen molar-refractivity contribution >= 4 is 22.8 Å². The van der Waals surface area contributed by atoms with E-state index in [-0.39, 0.29) is 0 Å². The lowest BCUT2D eigenvalue weighted by Gasteiger charge is -2.21. The second kappa shape index (κ2) is 6.57. The summed E-state index contributed by atoms with van der Waals surface area (Å²) in [6.07, 6.45) is 2.28. The molecule has 0 unspecified atom stereocenters. The third-order valence-electron chi connectivity index (χ3n) is 4.78. The minimum atomic E-state index is 0.522. The summed E-state index contributed by atoms with van der Waals surface area (Å²) < 4.78 is 4.32. The summed E-state index contributed by atoms with van der Waals surface area (Å²) in [5.41, 5.74) is 2.21. The minimum Gasteiger partial charge on any atom is -0.330 e. The van der Waals surface area contributed by atoms with E-state index in [4.69, 9.17) is 4.98 Å². The van der Waals surface area contributed by atoms with Crippen LogP contribution in [0.5, 0.6) is 0 Å². The number of aryl methyl sites for hydroxylation is 1. The molecule has 0 radical (unpaired) electrons. The van der Waals surface area contributed by atoms with Gasteiger partial charge in [-0.3, -0.25) is 0 Å². The van der Waals surface area contributed by atoms with Gasteiger partial charge in [-0.25, -0.2) is 4.98 Å². The minimum absolute atomic E-state index is 0.522. The van der Waals surface area contributed by atoms with Crippen LogP contribution in [0.15, 0.2) is 29.4 Å². The normalized spacial score (nSPS) is 16.1. The van der Waals surface area contributed by atoms with Crippen LogP contribution in [-0.4, -0.2) is 37.4 Å².